The van der Waals surface area contributed by atoms with Crippen molar-refractivity contribution in [2.24, 2.45) is 0 Å². The third-order valence-electron chi connectivity index (χ3n) is 2.24. The monoisotopic (exact) mass is 229 g/mol. The van der Waals surface area contributed by atoms with Gasteiger partial charge in [0.1, 0.15) is 0 Å². The van der Waals surface area contributed by atoms with Crippen LogP contribution in [0.15, 0.2) is 0 Å². The molecule has 16 heavy (non-hydrogen) atoms. The van der Waals surface area contributed by atoms with E-state index in [4.69, 9.17) is 0 Å². The molecule has 1 amide bonds. The van der Waals surface area contributed by atoms with E-state index in [1.807, 2.05) is 0 Å². The second kappa shape index (κ2) is 10.9. The number of hydrogen-bond acceptors (Lipinski definition) is 3. The zero-order chi connectivity index (χ0) is 12.2. The summed E-state index contributed by atoms with van der Waals surface area (Å²) in [6.07, 6.45) is 2.55. The van der Waals surface area contributed by atoms with Crippen LogP contribution in [0.4, 0.5) is 0 Å². The standard InChI is InChI=1S/C12H27N3O/c1-4-13-8-5-7-12(16)15-10-6-9-14-11(2)3/h11,13-14H,4-10H2,1-3H3,(H,15,16). The minimum absolute atomic E-state index is 0.169. The van der Waals surface area contributed by atoms with E-state index in [1.165, 1.54) is 0 Å². The molecule has 0 saturated heterocycles. The van der Waals surface area contributed by atoms with E-state index in [9.17, 15) is 4.79 Å². The summed E-state index contributed by atoms with van der Waals surface area (Å²) in [4.78, 5) is 11.3. The molecule has 4 heteroatoms. The Balaban J connectivity index is 3.17. The van der Waals surface area contributed by atoms with Crippen molar-refractivity contribution >= 4 is 5.91 Å². The largest absolute Gasteiger partial charge is 0.356 e. The summed E-state index contributed by atoms with van der Waals surface area (Å²) in [5, 5.41) is 9.45. The molecule has 0 radical (unpaired) electrons. The van der Waals surface area contributed by atoms with Crippen LogP contribution in [0.3, 0.4) is 0 Å². The summed E-state index contributed by atoms with van der Waals surface area (Å²) in [6, 6.07) is 0.524. The third-order valence-corrected chi connectivity index (χ3v) is 2.24. The summed E-state index contributed by atoms with van der Waals surface area (Å²) in [7, 11) is 0. The van der Waals surface area contributed by atoms with Crippen molar-refractivity contribution in [2.45, 2.75) is 46.1 Å². The predicted octanol–water partition coefficient (Wildman–Crippen LogP) is 0.880. The summed E-state index contributed by atoms with van der Waals surface area (Å²) in [5.41, 5.74) is 0. The van der Waals surface area contributed by atoms with Gasteiger partial charge >= 0.3 is 0 Å². The van der Waals surface area contributed by atoms with Gasteiger partial charge in [-0.05, 0) is 32.5 Å². The molecule has 0 fully saturated rings. The first kappa shape index (κ1) is 15.4. The average molecular weight is 229 g/mol. The van der Waals surface area contributed by atoms with Crippen molar-refractivity contribution in [1.29, 1.82) is 0 Å². The fourth-order valence-corrected chi connectivity index (χ4v) is 1.35. The molecule has 0 aliphatic heterocycles. The van der Waals surface area contributed by atoms with Gasteiger partial charge in [-0.15, -0.1) is 0 Å². The molecule has 4 nitrogen and oxygen atoms in total. The topological polar surface area (TPSA) is 53.2 Å². The van der Waals surface area contributed by atoms with Crippen LogP contribution in [-0.2, 0) is 4.79 Å². The SMILES string of the molecule is CCNCCCC(=O)NCCCNC(C)C. The molecular formula is C12H27N3O. The summed E-state index contributed by atoms with van der Waals surface area (Å²) >= 11 is 0. The van der Waals surface area contributed by atoms with E-state index in [2.05, 4.69) is 36.7 Å². The maximum Gasteiger partial charge on any atom is 0.220 e. The number of hydrogen-bond donors (Lipinski definition) is 3. The zero-order valence-corrected chi connectivity index (χ0v) is 10.9. The van der Waals surface area contributed by atoms with Gasteiger partial charge in [-0.3, -0.25) is 4.79 Å². The minimum Gasteiger partial charge on any atom is -0.356 e. The second-order valence-corrected chi connectivity index (χ2v) is 4.27. The fourth-order valence-electron chi connectivity index (χ4n) is 1.35. The van der Waals surface area contributed by atoms with Crippen LogP contribution in [0, 0.1) is 0 Å². The molecule has 3 N–H and O–H groups in total. The van der Waals surface area contributed by atoms with E-state index in [0.717, 1.165) is 39.0 Å². The smallest absolute Gasteiger partial charge is 0.220 e. The molecule has 0 heterocycles. The molecule has 0 aliphatic rings. The Morgan fingerprint density at radius 3 is 2.50 bits per heavy atom. The van der Waals surface area contributed by atoms with Gasteiger partial charge < -0.3 is 16.0 Å². The molecule has 0 aliphatic carbocycles. The molecule has 0 aromatic rings. The molecule has 0 saturated carbocycles. The lowest BCUT2D eigenvalue weighted by atomic mass is 10.3. The zero-order valence-electron chi connectivity index (χ0n) is 10.9. The predicted molar refractivity (Wildman–Crippen MR) is 68.5 cm³/mol. The number of nitrogens with one attached hydrogen (secondary N) is 3. The fraction of sp³-hybridized carbons (Fsp3) is 0.917. The molecule has 96 valence electrons. The van der Waals surface area contributed by atoms with E-state index in [0.29, 0.717) is 12.5 Å². The normalized spacial score (nSPS) is 10.8. The van der Waals surface area contributed by atoms with Crippen molar-refractivity contribution in [1.82, 2.24) is 16.0 Å². The quantitative estimate of drug-likeness (QED) is 0.487. The van der Waals surface area contributed by atoms with Gasteiger partial charge in [0.25, 0.3) is 0 Å². The molecule has 0 spiro atoms. The Kier molecular flexibility index (Phi) is 10.5. The van der Waals surface area contributed by atoms with Gasteiger partial charge in [-0.2, -0.15) is 0 Å². The van der Waals surface area contributed by atoms with E-state index in [1.54, 1.807) is 0 Å². The van der Waals surface area contributed by atoms with E-state index < -0.39 is 0 Å². The van der Waals surface area contributed by atoms with Crippen LogP contribution >= 0.6 is 0 Å². The van der Waals surface area contributed by atoms with Gasteiger partial charge in [0.2, 0.25) is 5.91 Å². The first-order valence-corrected chi connectivity index (χ1v) is 6.37. The Morgan fingerprint density at radius 2 is 1.88 bits per heavy atom. The van der Waals surface area contributed by atoms with Gasteiger partial charge in [0.15, 0.2) is 0 Å². The van der Waals surface area contributed by atoms with Gasteiger partial charge in [0, 0.05) is 19.0 Å². The van der Waals surface area contributed by atoms with Crippen molar-refractivity contribution in [3.8, 4) is 0 Å². The first-order valence-electron chi connectivity index (χ1n) is 6.37. The van der Waals surface area contributed by atoms with Crippen molar-refractivity contribution in [2.75, 3.05) is 26.2 Å². The summed E-state index contributed by atoms with van der Waals surface area (Å²) < 4.78 is 0. The van der Waals surface area contributed by atoms with Crippen LogP contribution < -0.4 is 16.0 Å². The van der Waals surface area contributed by atoms with Crippen LogP contribution in [0.1, 0.15) is 40.0 Å². The lowest BCUT2D eigenvalue weighted by Gasteiger charge is -2.08. The lowest BCUT2D eigenvalue weighted by molar-refractivity contribution is -0.121. The average Bonchev–Trinajstić information content (AvgIpc) is 2.23. The van der Waals surface area contributed by atoms with Crippen molar-refractivity contribution < 1.29 is 4.79 Å². The highest BCUT2D eigenvalue weighted by molar-refractivity contribution is 5.75. The molecule has 0 rings (SSSR count). The Morgan fingerprint density at radius 1 is 1.12 bits per heavy atom. The molecule has 0 aromatic heterocycles. The van der Waals surface area contributed by atoms with Crippen molar-refractivity contribution in [3.05, 3.63) is 0 Å². The van der Waals surface area contributed by atoms with E-state index in [-0.39, 0.29) is 5.91 Å². The highest BCUT2D eigenvalue weighted by Crippen LogP contribution is 1.87. The van der Waals surface area contributed by atoms with Crippen LogP contribution in [0.5, 0.6) is 0 Å². The van der Waals surface area contributed by atoms with Gasteiger partial charge in [0.05, 0.1) is 0 Å². The second-order valence-electron chi connectivity index (χ2n) is 4.27. The number of amides is 1. The van der Waals surface area contributed by atoms with Crippen LogP contribution in [0.25, 0.3) is 0 Å². The highest BCUT2D eigenvalue weighted by atomic mass is 16.1. The minimum atomic E-state index is 0.169. The maximum absolute atomic E-state index is 11.3. The molecular weight excluding hydrogens is 202 g/mol. The Hall–Kier alpha value is -0.610. The molecule has 0 atom stereocenters. The van der Waals surface area contributed by atoms with Gasteiger partial charge in [-0.1, -0.05) is 20.8 Å². The Bertz CT molecular complexity index is 172. The molecule has 0 aromatic carbocycles. The molecule has 0 bridgehead atoms. The summed E-state index contributed by atoms with van der Waals surface area (Å²) in [6.45, 7) is 9.97. The highest BCUT2D eigenvalue weighted by Gasteiger charge is 1.99. The number of rotatable bonds is 10. The van der Waals surface area contributed by atoms with E-state index >= 15 is 0 Å². The lowest BCUT2D eigenvalue weighted by Crippen LogP contribution is -2.30. The van der Waals surface area contributed by atoms with Crippen molar-refractivity contribution in [3.63, 3.8) is 0 Å². The molecule has 0 unspecified atom stereocenters. The number of carbonyl (C=O) groups is 1. The third kappa shape index (κ3) is 11.5. The van der Waals surface area contributed by atoms with Crippen LogP contribution in [0.2, 0.25) is 0 Å². The Labute approximate surface area is 99.6 Å². The first-order chi connectivity index (χ1) is 7.66. The maximum atomic E-state index is 11.3. The van der Waals surface area contributed by atoms with Crippen LogP contribution in [-0.4, -0.2) is 38.1 Å². The number of carbonyl (C=O) groups excluding carboxylic acids is 1. The summed E-state index contributed by atoms with van der Waals surface area (Å²) in [5.74, 6) is 0.169. The van der Waals surface area contributed by atoms with Gasteiger partial charge in [-0.25, -0.2) is 0 Å².